The maximum atomic E-state index is 12.8. The van der Waals surface area contributed by atoms with Crippen LogP contribution in [-0.4, -0.2) is 46.2 Å². The van der Waals surface area contributed by atoms with Crippen molar-refractivity contribution in [3.05, 3.63) is 59.0 Å². The number of fused-ring (bicyclic) bond motifs is 1. The van der Waals surface area contributed by atoms with Crippen LogP contribution in [0.4, 0.5) is 5.69 Å². The van der Waals surface area contributed by atoms with Crippen LogP contribution in [-0.2, 0) is 4.74 Å². The monoisotopic (exact) mass is 381 g/mol. The number of nitrogens with zero attached hydrogens (tertiary/aromatic N) is 3. The van der Waals surface area contributed by atoms with Gasteiger partial charge in [-0.1, -0.05) is 6.07 Å². The highest BCUT2D eigenvalue weighted by atomic mass is 16.5. The molecule has 0 radical (unpaired) electrons. The Kier molecular flexibility index (Phi) is 5.70. The third-order valence-corrected chi connectivity index (χ3v) is 4.44. The van der Waals surface area contributed by atoms with Crippen molar-refractivity contribution in [1.82, 2.24) is 19.9 Å². The molecule has 28 heavy (non-hydrogen) atoms. The number of carbonyl (C=O) groups is 2. The van der Waals surface area contributed by atoms with Crippen LogP contribution in [0.1, 0.15) is 38.9 Å². The van der Waals surface area contributed by atoms with Crippen molar-refractivity contribution in [3.8, 4) is 0 Å². The average Bonchev–Trinajstić information content (AvgIpc) is 3.13. The van der Waals surface area contributed by atoms with Gasteiger partial charge in [0.1, 0.15) is 0 Å². The minimum Gasteiger partial charge on any atom is -0.383 e. The van der Waals surface area contributed by atoms with E-state index in [4.69, 9.17) is 4.74 Å². The van der Waals surface area contributed by atoms with Crippen molar-refractivity contribution < 1.29 is 14.3 Å². The summed E-state index contributed by atoms with van der Waals surface area (Å²) >= 11 is 0. The number of aromatic nitrogens is 3. The van der Waals surface area contributed by atoms with E-state index in [0.717, 1.165) is 5.56 Å². The van der Waals surface area contributed by atoms with Crippen molar-refractivity contribution >= 4 is 23.1 Å². The number of aryl methyl sites for hydroxylation is 2. The van der Waals surface area contributed by atoms with Crippen LogP contribution in [0.15, 0.2) is 36.7 Å². The molecule has 0 saturated carbocycles. The largest absolute Gasteiger partial charge is 0.383 e. The molecule has 3 aromatic rings. The summed E-state index contributed by atoms with van der Waals surface area (Å²) in [6, 6.07) is 6.84. The summed E-state index contributed by atoms with van der Waals surface area (Å²) in [5.74, 6) is -0.535. The second kappa shape index (κ2) is 8.18. The van der Waals surface area contributed by atoms with Crippen LogP contribution in [0, 0.1) is 13.8 Å². The Morgan fingerprint density at radius 3 is 2.75 bits per heavy atom. The summed E-state index contributed by atoms with van der Waals surface area (Å²) in [5.41, 5.74) is 3.65. The minimum atomic E-state index is -0.309. The fraction of sp³-hybridized carbons (Fsp3) is 0.300. The van der Waals surface area contributed by atoms with Crippen molar-refractivity contribution in [1.29, 1.82) is 0 Å². The van der Waals surface area contributed by atoms with E-state index in [1.165, 1.54) is 6.20 Å². The van der Waals surface area contributed by atoms with Gasteiger partial charge in [0, 0.05) is 36.7 Å². The van der Waals surface area contributed by atoms with Crippen LogP contribution in [0.3, 0.4) is 0 Å². The molecule has 0 unspecified atom stereocenters. The van der Waals surface area contributed by atoms with Gasteiger partial charge in [-0.05, 0) is 38.5 Å². The molecule has 0 spiro atoms. The fourth-order valence-corrected chi connectivity index (χ4v) is 2.90. The summed E-state index contributed by atoms with van der Waals surface area (Å²) in [6.07, 6.45) is 3.16. The molecule has 2 N–H and O–H groups in total. The number of rotatable bonds is 6. The van der Waals surface area contributed by atoms with E-state index in [0.29, 0.717) is 34.8 Å². The Labute approximate surface area is 162 Å². The molecular weight excluding hydrogens is 358 g/mol. The van der Waals surface area contributed by atoms with Crippen molar-refractivity contribution in [3.63, 3.8) is 0 Å². The molecule has 146 valence electrons. The molecule has 1 aromatic carbocycles. The van der Waals surface area contributed by atoms with Gasteiger partial charge < -0.3 is 15.4 Å². The summed E-state index contributed by atoms with van der Waals surface area (Å²) in [7, 11) is 1.58. The molecule has 2 heterocycles. The molecule has 0 aliphatic carbocycles. The molecule has 0 fully saturated rings. The molecule has 0 saturated heterocycles. The number of benzene rings is 1. The molecule has 0 bridgehead atoms. The van der Waals surface area contributed by atoms with E-state index in [1.807, 2.05) is 20.8 Å². The van der Waals surface area contributed by atoms with E-state index < -0.39 is 0 Å². The smallest absolute Gasteiger partial charge is 0.259 e. The van der Waals surface area contributed by atoms with E-state index in [2.05, 4.69) is 20.7 Å². The first-order valence-corrected chi connectivity index (χ1v) is 8.92. The Morgan fingerprint density at radius 2 is 2.00 bits per heavy atom. The predicted octanol–water partition coefficient (Wildman–Crippen LogP) is 2.36. The van der Waals surface area contributed by atoms with Gasteiger partial charge in [-0.25, -0.2) is 9.50 Å². The molecular formula is C20H23N5O3. The normalized spacial score (nSPS) is 12.0. The number of anilines is 1. The van der Waals surface area contributed by atoms with Gasteiger partial charge in [0.05, 0.1) is 24.1 Å². The van der Waals surface area contributed by atoms with Crippen molar-refractivity contribution in [2.75, 3.05) is 19.0 Å². The second-order valence-corrected chi connectivity index (χ2v) is 6.67. The second-order valence-electron chi connectivity index (χ2n) is 6.67. The van der Waals surface area contributed by atoms with Gasteiger partial charge in [0.2, 0.25) is 0 Å². The Bertz CT molecular complexity index is 1030. The molecule has 1 atom stereocenters. The third-order valence-electron chi connectivity index (χ3n) is 4.44. The highest BCUT2D eigenvalue weighted by Gasteiger charge is 2.16. The van der Waals surface area contributed by atoms with Gasteiger partial charge in [-0.3, -0.25) is 9.59 Å². The Morgan fingerprint density at radius 1 is 1.21 bits per heavy atom. The van der Waals surface area contributed by atoms with E-state index >= 15 is 0 Å². The SMILES string of the molecule is COC[C@H](C)NC(=O)c1ccc(C)c(NC(=O)c2cnc3ccnn3c2C)c1. The van der Waals surface area contributed by atoms with Gasteiger partial charge in [0.25, 0.3) is 11.8 Å². The first kappa shape index (κ1) is 19.5. The minimum absolute atomic E-state index is 0.119. The van der Waals surface area contributed by atoms with Gasteiger partial charge in [-0.2, -0.15) is 5.10 Å². The summed E-state index contributed by atoms with van der Waals surface area (Å²) in [5, 5.41) is 9.91. The number of hydrogen-bond acceptors (Lipinski definition) is 5. The lowest BCUT2D eigenvalue weighted by Crippen LogP contribution is -2.35. The van der Waals surface area contributed by atoms with Gasteiger partial charge in [-0.15, -0.1) is 0 Å². The Hall–Kier alpha value is -3.26. The maximum absolute atomic E-state index is 12.8. The highest BCUT2D eigenvalue weighted by Crippen LogP contribution is 2.19. The van der Waals surface area contributed by atoms with Gasteiger partial charge >= 0.3 is 0 Å². The van der Waals surface area contributed by atoms with E-state index in [9.17, 15) is 9.59 Å². The highest BCUT2D eigenvalue weighted by molar-refractivity contribution is 6.06. The molecule has 2 aromatic heterocycles. The topological polar surface area (TPSA) is 97.6 Å². The predicted molar refractivity (Wildman–Crippen MR) is 106 cm³/mol. The number of methoxy groups -OCH3 is 1. The molecule has 8 nitrogen and oxygen atoms in total. The summed E-state index contributed by atoms with van der Waals surface area (Å²) < 4.78 is 6.65. The number of hydrogen-bond donors (Lipinski definition) is 2. The fourth-order valence-electron chi connectivity index (χ4n) is 2.90. The third kappa shape index (κ3) is 4.01. The van der Waals surface area contributed by atoms with E-state index in [-0.39, 0.29) is 17.9 Å². The quantitative estimate of drug-likeness (QED) is 0.683. The molecule has 2 amide bonds. The lowest BCUT2D eigenvalue weighted by Gasteiger charge is -2.15. The molecule has 3 rings (SSSR count). The van der Waals surface area contributed by atoms with Crippen molar-refractivity contribution in [2.45, 2.75) is 26.8 Å². The maximum Gasteiger partial charge on any atom is 0.259 e. The zero-order valence-corrected chi connectivity index (χ0v) is 16.3. The van der Waals surface area contributed by atoms with Gasteiger partial charge in [0.15, 0.2) is 5.65 Å². The number of nitrogens with one attached hydrogen (secondary N) is 2. The molecule has 0 aliphatic heterocycles. The van der Waals surface area contributed by atoms with Crippen molar-refractivity contribution in [2.24, 2.45) is 0 Å². The first-order chi connectivity index (χ1) is 13.4. The van der Waals surface area contributed by atoms with Crippen LogP contribution in [0.5, 0.6) is 0 Å². The lowest BCUT2D eigenvalue weighted by atomic mass is 10.1. The number of carbonyl (C=O) groups excluding carboxylic acids is 2. The zero-order valence-electron chi connectivity index (χ0n) is 16.3. The molecule has 8 heteroatoms. The molecule has 0 aliphatic rings. The standard InChI is InChI=1S/C20H23N5O3/c1-12-5-6-15(19(26)23-13(2)11-28-4)9-17(12)24-20(27)16-10-21-18-7-8-22-25(18)14(16)3/h5-10,13H,11H2,1-4H3,(H,23,26)(H,24,27)/t13-/m0/s1. The van der Waals surface area contributed by atoms with Crippen LogP contribution in [0.25, 0.3) is 5.65 Å². The number of ether oxygens (including phenoxy) is 1. The zero-order chi connectivity index (χ0) is 20.3. The van der Waals surface area contributed by atoms with Crippen LogP contribution >= 0.6 is 0 Å². The summed E-state index contributed by atoms with van der Waals surface area (Å²) in [4.78, 5) is 29.5. The van der Waals surface area contributed by atoms with Crippen LogP contribution < -0.4 is 10.6 Å². The average molecular weight is 381 g/mol. The Balaban J connectivity index is 1.82. The number of amides is 2. The lowest BCUT2D eigenvalue weighted by molar-refractivity contribution is 0.0904. The summed E-state index contributed by atoms with van der Waals surface area (Å²) in [6.45, 7) is 5.96. The first-order valence-electron chi connectivity index (χ1n) is 8.92. The van der Waals surface area contributed by atoms with Crippen LogP contribution in [0.2, 0.25) is 0 Å². The van der Waals surface area contributed by atoms with E-state index in [1.54, 1.807) is 42.1 Å².